The standard InChI is InChI=1S/C11H11FN2O/c1-7(13)11-14-6-10(15-11)8-2-4-9(12)5-3-8/h2-7H,13H2,1H3/t7-/m1/s1. The van der Waals surface area contributed by atoms with Crippen molar-refractivity contribution in [1.29, 1.82) is 0 Å². The smallest absolute Gasteiger partial charge is 0.211 e. The van der Waals surface area contributed by atoms with Gasteiger partial charge in [0.05, 0.1) is 12.2 Å². The molecule has 0 saturated carbocycles. The second-order valence-corrected chi connectivity index (χ2v) is 3.36. The van der Waals surface area contributed by atoms with E-state index in [9.17, 15) is 4.39 Å². The molecule has 1 heterocycles. The lowest BCUT2D eigenvalue weighted by atomic mass is 10.2. The molecule has 0 bridgehead atoms. The Hall–Kier alpha value is -1.68. The van der Waals surface area contributed by atoms with Crippen LogP contribution >= 0.6 is 0 Å². The van der Waals surface area contributed by atoms with Gasteiger partial charge in [0.25, 0.3) is 0 Å². The lowest BCUT2D eigenvalue weighted by molar-refractivity contribution is 0.473. The minimum absolute atomic E-state index is 0.237. The van der Waals surface area contributed by atoms with Crippen LogP contribution in [0.5, 0.6) is 0 Å². The van der Waals surface area contributed by atoms with E-state index in [1.165, 1.54) is 12.1 Å². The summed E-state index contributed by atoms with van der Waals surface area (Å²) in [6.45, 7) is 1.79. The molecule has 1 atom stereocenters. The summed E-state index contributed by atoms with van der Waals surface area (Å²) in [5, 5.41) is 0. The Morgan fingerprint density at radius 2 is 2.00 bits per heavy atom. The summed E-state index contributed by atoms with van der Waals surface area (Å²) < 4.78 is 18.1. The SMILES string of the molecule is C[C@@H](N)c1ncc(-c2ccc(F)cc2)o1. The predicted octanol–water partition coefficient (Wildman–Crippen LogP) is 2.50. The van der Waals surface area contributed by atoms with Crippen LogP contribution in [0.2, 0.25) is 0 Å². The molecule has 0 aliphatic carbocycles. The van der Waals surface area contributed by atoms with E-state index >= 15 is 0 Å². The number of hydrogen-bond donors (Lipinski definition) is 1. The van der Waals surface area contributed by atoms with Crippen LogP contribution in [0.3, 0.4) is 0 Å². The van der Waals surface area contributed by atoms with Gasteiger partial charge in [-0.2, -0.15) is 0 Å². The van der Waals surface area contributed by atoms with E-state index < -0.39 is 0 Å². The van der Waals surface area contributed by atoms with Crippen molar-refractivity contribution in [2.24, 2.45) is 5.73 Å². The van der Waals surface area contributed by atoms with E-state index in [-0.39, 0.29) is 11.9 Å². The Kier molecular flexibility index (Phi) is 2.51. The number of hydrogen-bond acceptors (Lipinski definition) is 3. The van der Waals surface area contributed by atoms with Crippen molar-refractivity contribution < 1.29 is 8.81 Å². The molecule has 0 spiro atoms. The summed E-state index contributed by atoms with van der Waals surface area (Å²) in [4.78, 5) is 4.03. The largest absolute Gasteiger partial charge is 0.439 e. The van der Waals surface area contributed by atoms with Gasteiger partial charge in [-0.15, -0.1) is 0 Å². The molecule has 0 amide bonds. The van der Waals surface area contributed by atoms with Gasteiger partial charge < -0.3 is 10.2 Å². The number of oxazole rings is 1. The molecule has 4 heteroatoms. The van der Waals surface area contributed by atoms with Crippen molar-refractivity contribution in [3.63, 3.8) is 0 Å². The number of nitrogens with zero attached hydrogens (tertiary/aromatic N) is 1. The molecule has 1 aromatic carbocycles. The van der Waals surface area contributed by atoms with Crippen LogP contribution in [0.15, 0.2) is 34.9 Å². The first-order valence-corrected chi connectivity index (χ1v) is 4.64. The fraction of sp³-hybridized carbons (Fsp3) is 0.182. The first-order valence-electron chi connectivity index (χ1n) is 4.64. The average Bonchev–Trinajstić information content (AvgIpc) is 2.68. The van der Waals surface area contributed by atoms with Gasteiger partial charge in [-0.3, -0.25) is 0 Å². The predicted molar refractivity (Wildman–Crippen MR) is 54.5 cm³/mol. The normalized spacial score (nSPS) is 12.7. The number of aromatic nitrogens is 1. The van der Waals surface area contributed by atoms with Crippen LogP contribution in [0.4, 0.5) is 4.39 Å². The second-order valence-electron chi connectivity index (χ2n) is 3.36. The summed E-state index contributed by atoms with van der Waals surface area (Å²) in [6, 6.07) is 5.80. The fourth-order valence-electron chi connectivity index (χ4n) is 1.25. The molecule has 0 aliphatic heterocycles. The lowest BCUT2D eigenvalue weighted by Gasteiger charge is -1.98. The monoisotopic (exact) mass is 206 g/mol. The van der Waals surface area contributed by atoms with Crippen molar-refractivity contribution in [3.8, 4) is 11.3 Å². The Bertz CT molecular complexity index is 448. The van der Waals surface area contributed by atoms with Gasteiger partial charge in [-0.1, -0.05) is 0 Å². The van der Waals surface area contributed by atoms with Crippen LogP contribution in [-0.4, -0.2) is 4.98 Å². The molecule has 0 radical (unpaired) electrons. The number of nitrogens with two attached hydrogens (primary N) is 1. The summed E-state index contributed by atoms with van der Waals surface area (Å²) in [6.07, 6.45) is 1.59. The molecule has 15 heavy (non-hydrogen) atoms. The van der Waals surface area contributed by atoms with Gasteiger partial charge >= 0.3 is 0 Å². The van der Waals surface area contributed by atoms with Crippen molar-refractivity contribution in [3.05, 3.63) is 42.2 Å². The summed E-state index contributed by atoms with van der Waals surface area (Å²) in [5.41, 5.74) is 6.40. The molecule has 2 N–H and O–H groups in total. The Morgan fingerprint density at radius 1 is 1.33 bits per heavy atom. The van der Waals surface area contributed by atoms with Gasteiger partial charge in [0.2, 0.25) is 5.89 Å². The molecular formula is C11H11FN2O. The van der Waals surface area contributed by atoms with E-state index in [4.69, 9.17) is 10.2 Å². The molecule has 78 valence electrons. The summed E-state index contributed by atoms with van der Waals surface area (Å²) in [7, 11) is 0. The zero-order valence-corrected chi connectivity index (χ0v) is 8.27. The number of benzene rings is 1. The lowest BCUT2D eigenvalue weighted by Crippen LogP contribution is -2.04. The summed E-state index contributed by atoms with van der Waals surface area (Å²) >= 11 is 0. The molecule has 2 aromatic rings. The van der Waals surface area contributed by atoms with Crippen LogP contribution in [0.1, 0.15) is 18.9 Å². The summed E-state index contributed by atoms with van der Waals surface area (Å²) in [5.74, 6) is 0.808. The van der Waals surface area contributed by atoms with Gasteiger partial charge in [0, 0.05) is 5.56 Å². The Balaban J connectivity index is 2.33. The van der Waals surface area contributed by atoms with Crippen molar-refractivity contribution in [2.45, 2.75) is 13.0 Å². The maximum Gasteiger partial charge on any atom is 0.211 e. The van der Waals surface area contributed by atoms with Crippen molar-refractivity contribution in [2.75, 3.05) is 0 Å². The second kappa shape index (κ2) is 3.82. The first kappa shape index (κ1) is 9.86. The highest BCUT2D eigenvalue weighted by Gasteiger charge is 2.09. The third-order valence-corrected chi connectivity index (χ3v) is 2.04. The van der Waals surface area contributed by atoms with Crippen LogP contribution in [0, 0.1) is 5.82 Å². The molecule has 0 saturated heterocycles. The molecule has 0 fully saturated rings. The third kappa shape index (κ3) is 2.05. The maximum absolute atomic E-state index is 12.7. The quantitative estimate of drug-likeness (QED) is 0.821. The maximum atomic E-state index is 12.7. The van der Waals surface area contributed by atoms with Crippen LogP contribution < -0.4 is 5.73 Å². The Labute approximate surface area is 86.7 Å². The highest BCUT2D eigenvalue weighted by molar-refractivity contribution is 5.55. The van der Waals surface area contributed by atoms with E-state index in [2.05, 4.69) is 4.98 Å². The van der Waals surface area contributed by atoms with Gasteiger partial charge in [-0.25, -0.2) is 9.37 Å². The molecular weight excluding hydrogens is 195 g/mol. The highest BCUT2D eigenvalue weighted by atomic mass is 19.1. The van der Waals surface area contributed by atoms with Crippen molar-refractivity contribution >= 4 is 0 Å². The molecule has 2 rings (SSSR count). The zero-order chi connectivity index (χ0) is 10.8. The van der Waals surface area contributed by atoms with Crippen molar-refractivity contribution in [1.82, 2.24) is 4.98 Å². The molecule has 0 aliphatic rings. The minimum atomic E-state index is -0.273. The van der Waals surface area contributed by atoms with E-state index in [1.54, 1.807) is 25.3 Å². The first-order chi connectivity index (χ1) is 7.16. The highest BCUT2D eigenvalue weighted by Crippen LogP contribution is 2.22. The van der Waals surface area contributed by atoms with E-state index in [1.807, 2.05) is 0 Å². The van der Waals surface area contributed by atoms with E-state index in [0.717, 1.165) is 5.56 Å². The molecule has 3 nitrogen and oxygen atoms in total. The van der Waals surface area contributed by atoms with Crippen LogP contribution in [0.25, 0.3) is 11.3 Å². The molecule has 0 unspecified atom stereocenters. The fourth-order valence-corrected chi connectivity index (χ4v) is 1.25. The Morgan fingerprint density at radius 3 is 2.53 bits per heavy atom. The van der Waals surface area contributed by atoms with Gasteiger partial charge in [0.1, 0.15) is 5.82 Å². The van der Waals surface area contributed by atoms with E-state index in [0.29, 0.717) is 11.7 Å². The topological polar surface area (TPSA) is 52.0 Å². The van der Waals surface area contributed by atoms with Gasteiger partial charge in [0.15, 0.2) is 5.76 Å². The average molecular weight is 206 g/mol. The molecule has 1 aromatic heterocycles. The third-order valence-electron chi connectivity index (χ3n) is 2.04. The number of rotatable bonds is 2. The van der Waals surface area contributed by atoms with Gasteiger partial charge in [-0.05, 0) is 31.2 Å². The van der Waals surface area contributed by atoms with Crippen LogP contribution in [-0.2, 0) is 0 Å². The zero-order valence-electron chi connectivity index (χ0n) is 8.27. The minimum Gasteiger partial charge on any atom is -0.439 e. The number of halogens is 1.